The van der Waals surface area contributed by atoms with E-state index in [9.17, 15) is 24.0 Å². The molecule has 2 aromatic rings. The first kappa shape index (κ1) is 26.2. The van der Waals surface area contributed by atoms with Crippen LogP contribution in [-0.4, -0.2) is 35.3 Å². The highest BCUT2D eigenvalue weighted by Gasteiger charge is 2.28. The standard InChI is InChI=1S/C21H25NO12S/c1-11-15(33-19(25)30-11)8-28-18(24)22-14(17(23)32-13-6-4-3-5-7-13)10-35-21(27)29-9-16-12(2)31-20(26)34-16/h13-14H,3-10H2,1-2H3,(H,22,24)/t14-/m0/s1. The fraction of sp³-hybridized carbons (Fsp3) is 0.571. The molecule has 14 heteroatoms. The maximum absolute atomic E-state index is 12.7. The van der Waals surface area contributed by atoms with Crippen LogP contribution in [0.4, 0.5) is 9.59 Å². The van der Waals surface area contributed by atoms with Crippen LogP contribution in [0.15, 0.2) is 27.3 Å². The van der Waals surface area contributed by atoms with Crippen molar-refractivity contribution in [1.82, 2.24) is 5.32 Å². The molecule has 192 valence electrons. The van der Waals surface area contributed by atoms with Crippen molar-refractivity contribution >= 4 is 29.1 Å². The van der Waals surface area contributed by atoms with Gasteiger partial charge >= 0.3 is 29.0 Å². The number of nitrogens with one attached hydrogen (secondary N) is 1. The Morgan fingerprint density at radius 1 is 0.914 bits per heavy atom. The van der Waals surface area contributed by atoms with E-state index < -0.39 is 41.7 Å². The van der Waals surface area contributed by atoms with Crippen LogP contribution in [0.2, 0.25) is 0 Å². The number of carbonyl (C=O) groups excluding carboxylic acids is 3. The predicted octanol–water partition coefficient (Wildman–Crippen LogP) is 2.94. The van der Waals surface area contributed by atoms with Crippen molar-refractivity contribution in [3.63, 3.8) is 0 Å². The molecule has 2 heterocycles. The number of carbonyl (C=O) groups is 3. The molecule has 0 aromatic carbocycles. The van der Waals surface area contributed by atoms with E-state index in [2.05, 4.69) is 14.2 Å². The molecule has 35 heavy (non-hydrogen) atoms. The van der Waals surface area contributed by atoms with E-state index in [1.165, 1.54) is 13.8 Å². The summed E-state index contributed by atoms with van der Waals surface area (Å²) >= 11 is 0.612. The summed E-state index contributed by atoms with van der Waals surface area (Å²) in [5.74, 6) is -2.39. The van der Waals surface area contributed by atoms with Gasteiger partial charge < -0.3 is 37.2 Å². The molecule has 0 bridgehead atoms. The number of amides is 1. The summed E-state index contributed by atoms with van der Waals surface area (Å²) in [4.78, 5) is 59.3. The lowest BCUT2D eigenvalue weighted by Crippen LogP contribution is -2.45. The van der Waals surface area contributed by atoms with Gasteiger partial charge in [-0.05, 0) is 51.3 Å². The van der Waals surface area contributed by atoms with Gasteiger partial charge in [0.2, 0.25) is 0 Å². The monoisotopic (exact) mass is 515 g/mol. The zero-order valence-corrected chi connectivity index (χ0v) is 19.9. The van der Waals surface area contributed by atoms with E-state index in [0.717, 1.165) is 19.3 Å². The highest BCUT2D eigenvalue weighted by molar-refractivity contribution is 8.13. The van der Waals surface area contributed by atoms with E-state index in [0.29, 0.717) is 24.6 Å². The molecule has 3 rings (SSSR count). The molecule has 1 aliphatic carbocycles. The molecule has 1 aliphatic rings. The molecule has 1 saturated carbocycles. The molecule has 13 nitrogen and oxygen atoms in total. The lowest BCUT2D eigenvalue weighted by atomic mass is 9.98. The average molecular weight is 515 g/mol. The minimum atomic E-state index is -1.23. The summed E-state index contributed by atoms with van der Waals surface area (Å²) in [6, 6.07) is -1.23. The third-order valence-electron chi connectivity index (χ3n) is 5.11. The predicted molar refractivity (Wildman–Crippen MR) is 117 cm³/mol. The lowest BCUT2D eigenvalue weighted by molar-refractivity contribution is -0.152. The molecule has 1 N–H and O–H groups in total. The maximum Gasteiger partial charge on any atom is 0.519 e. The fourth-order valence-corrected chi connectivity index (χ4v) is 3.91. The summed E-state index contributed by atoms with van der Waals surface area (Å²) in [5.41, 5.74) is 0. The van der Waals surface area contributed by atoms with Gasteiger partial charge in [0.1, 0.15) is 12.1 Å². The summed E-state index contributed by atoms with van der Waals surface area (Å²) in [6.07, 6.45) is 3.07. The van der Waals surface area contributed by atoms with Gasteiger partial charge in [-0.2, -0.15) is 0 Å². The van der Waals surface area contributed by atoms with Crippen LogP contribution >= 0.6 is 11.8 Å². The summed E-state index contributed by atoms with van der Waals surface area (Å²) < 4.78 is 34.4. The number of hydrogen-bond acceptors (Lipinski definition) is 13. The summed E-state index contributed by atoms with van der Waals surface area (Å²) in [6.45, 7) is 2.19. The van der Waals surface area contributed by atoms with Gasteiger partial charge in [0.25, 0.3) is 0 Å². The van der Waals surface area contributed by atoms with Crippen LogP contribution in [0.1, 0.15) is 55.1 Å². The third-order valence-corrected chi connectivity index (χ3v) is 5.96. The second-order valence-corrected chi connectivity index (χ2v) is 8.64. The first-order chi connectivity index (χ1) is 16.7. The lowest BCUT2D eigenvalue weighted by Gasteiger charge is -2.24. The number of esters is 1. The van der Waals surface area contributed by atoms with Gasteiger partial charge in [-0.1, -0.05) is 6.42 Å². The van der Waals surface area contributed by atoms with Gasteiger partial charge in [0.15, 0.2) is 36.3 Å². The number of aryl methyl sites for hydroxylation is 2. The molecule has 2 aromatic heterocycles. The van der Waals surface area contributed by atoms with Gasteiger partial charge in [0.05, 0.1) is 0 Å². The normalized spacial score (nSPS) is 14.8. The average Bonchev–Trinajstić information content (AvgIpc) is 3.32. The van der Waals surface area contributed by atoms with E-state index in [1.807, 2.05) is 0 Å². The van der Waals surface area contributed by atoms with Crippen LogP contribution in [0.3, 0.4) is 0 Å². The number of rotatable bonds is 9. The Morgan fingerprint density at radius 3 is 2.03 bits per heavy atom. The zero-order chi connectivity index (χ0) is 25.4. The van der Waals surface area contributed by atoms with Crippen molar-refractivity contribution in [2.45, 2.75) is 71.3 Å². The first-order valence-electron chi connectivity index (χ1n) is 10.8. The number of hydrogen-bond donors (Lipinski definition) is 1. The van der Waals surface area contributed by atoms with Crippen LogP contribution in [-0.2, 0) is 32.2 Å². The largest absolute Gasteiger partial charge is 0.519 e. The van der Waals surface area contributed by atoms with Crippen molar-refractivity contribution in [2.75, 3.05) is 5.75 Å². The van der Waals surface area contributed by atoms with Gasteiger partial charge in [-0.15, -0.1) is 0 Å². The Kier molecular flexibility index (Phi) is 9.23. The van der Waals surface area contributed by atoms with Gasteiger partial charge in [-0.3, -0.25) is 0 Å². The second kappa shape index (κ2) is 12.3. The molecule has 1 amide bonds. The molecule has 0 radical (unpaired) electrons. The molecular weight excluding hydrogens is 490 g/mol. The Morgan fingerprint density at radius 2 is 1.49 bits per heavy atom. The van der Waals surface area contributed by atoms with Crippen molar-refractivity contribution in [1.29, 1.82) is 0 Å². The molecule has 0 unspecified atom stereocenters. The SMILES string of the molecule is Cc1oc(=O)oc1COC(=O)N[C@@H](CSC(=O)OCc1oc(=O)oc1C)C(=O)OC1CCCCC1. The minimum absolute atomic E-state index is 0.0191. The topological polar surface area (TPSA) is 178 Å². The van der Waals surface area contributed by atoms with Crippen molar-refractivity contribution in [2.24, 2.45) is 0 Å². The molecule has 0 saturated heterocycles. The molecule has 0 spiro atoms. The van der Waals surface area contributed by atoms with Crippen LogP contribution in [0, 0.1) is 13.8 Å². The highest BCUT2D eigenvalue weighted by Crippen LogP contribution is 2.21. The number of ether oxygens (including phenoxy) is 3. The quantitative estimate of drug-likeness (QED) is 0.381. The van der Waals surface area contributed by atoms with Crippen LogP contribution in [0.5, 0.6) is 0 Å². The number of alkyl carbamates (subject to hydrolysis) is 1. The first-order valence-corrected chi connectivity index (χ1v) is 11.8. The second-order valence-electron chi connectivity index (χ2n) is 7.69. The Labute approximate surface area is 202 Å². The number of thioether (sulfide) groups is 1. The Hall–Kier alpha value is -3.42. The van der Waals surface area contributed by atoms with E-state index in [4.69, 9.17) is 23.0 Å². The fourth-order valence-electron chi connectivity index (χ4n) is 3.24. The molecule has 1 fully saturated rings. The third kappa shape index (κ3) is 8.09. The van der Waals surface area contributed by atoms with Crippen molar-refractivity contribution < 1.29 is 46.3 Å². The zero-order valence-electron chi connectivity index (χ0n) is 19.1. The van der Waals surface area contributed by atoms with Gasteiger partial charge in [0, 0.05) is 5.75 Å². The minimum Gasteiger partial charge on any atom is -0.461 e. The summed E-state index contributed by atoms with van der Waals surface area (Å²) in [5, 5.41) is 1.57. The van der Waals surface area contributed by atoms with E-state index in [-0.39, 0.29) is 41.5 Å². The van der Waals surface area contributed by atoms with E-state index in [1.54, 1.807) is 0 Å². The Bertz CT molecular complexity index is 1140. The summed E-state index contributed by atoms with van der Waals surface area (Å²) in [7, 11) is 0. The smallest absolute Gasteiger partial charge is 0.461 e. The van der Waals surface area contributed by atoms with Crippen LogP contribution in [0.25, 0.3) is 0 Å². The highest BCUT2D eigenvalue weighted by atomic mass is 32.2. The van der Waals surface area contributed by atoms with Crippen molar-refractivity contribution in [3.05, 3.63) is 44.3 Å². The van der Waals surface area contributed by atoms with E-state index >= 15 is 0 Å². The van der Waals surface area contributed by atoms with Gasteiger partial charge in [-0.25, -0.2) is 24.0 Å². The molecule has 0 aliphatic heterocycles. The molecule has 1 atom stereocenters. The Balaban J connectivity index is 1.55. The van der Waals surface area contributed by atoms with Crippen LogP contribution < -0.4 is 17.0 Å². The molecular formula is C21H25NO12S. The van der Waals surface area contributed by atoms with Crippen molar-refractivity contribution in [3.8, 4) is 0 Å². The maximum atomic E-state index is 12.7.